The maximum absolute atomic E-state index is 12.9. The normalized spacial score (nSPS) is 15.4. The topological polar surface area (TPSA) is 62.7 Å². The lowest BCUT2D eigenvalue weighted by atomic mass is 9.92. The van der Waals surface area contributed by atoms with Crippen LogP contribution in [0.25, 0.3) is 0 Å². The van der Waals surface area contributed by atoms with Crippen LogP contribution in [0.15, 0.2) is 54.9 Å². The molecular formula is C19H21N3O3. The molecule has 1 aromatic heterocycles. The second kappa shape index (κ2) is 7.03. The fourth-order valence-electron chi connectivity index (χ4n) is 2.73. The van der Waals surface area contributed by atoms with Crippen molar-refractivity contribution in [3.8, 4) is 0 Å². The van der Waals surface area contributed by atoms with E-state index >= 15 is 0 Å². The summed E-state index contributed by atoms with van der Waals surface area (Å²) in [4.78, 5) is 32.7. The third kappa shape index (κ3) is 3.53. The van der Waals surface area contributed by atoms with Crippen molar-refractivity contribution < 1.29 is 14.3 Å². The minimum Gasteiger partial charge on any atom is -0.340 e. The molecule has 0 radical (unpaired) electrons. The van der Waals surface area contributed by atoms with Gasteiger partial charge in [-0.1, -0.05) is 18.2 Å². The van der Waals surface area contributed by atoms with Gasteiger partial charge in [0.25, 0.3) is 0 Å². The van der Waals surface area contributed by atoms with Crippen LogP contribution in [0, 0.1) is 0 Å². The molecule has 0 aliphatic carbocycles. The average molecular weight is 339 g/mol. The molecule has 2 heterocycles. The van der Waals surface area contributed by atoms with Gasteiger partial charge in [-0.3, -0.25) is 19.6 Å². The van der Waals surface area contributed by atoms with Gasteiger partial charge < -0.3 is 4.74 Å². The molecule has 0 atom stereocenters. The number of hydrogen-bond donors (Lipinski definition) is 0. The first-order valence-electron chi connectivity index (χ1n) is 8.14. The summed E-state index contributed by atoms with van der Waals surface area (Å²) in [6, 6.07) is 12.7. The zero-order valence-corrected chi connectivity index (χ0v) is 14.4. The van der Waals surface area contributed by atoms with E-state index in [0.717, 1.165) is 11.3 Å². The number of pyridine rings is 1. The second-order valence-electron chi connectivity index (χ2n) is 6.45. The van der Waals surface area contributed by atoms with E-state index in [1.807, 2.05) is 30.3 Å². The number of benzene rings is 1. The van der Waals surface area contributed by atoms with Crippen LogP contribution < -0.4 is 4.90 Å². The zero-order chi connectivity index (χ0) is 17.9. The summed E-state index contributed by atoms with van der Waals surface area (Å²) in [5.41, 5.74) is 0.640. The Bertz CT molecular complexity index is 747. The van der Waals surface area contributed by atoms with Crippen LogP contribution >= 0.6 is 0 Å². The Morgan fingerprint density at radius 1 is 1.12 bits per heavy atom. The molecule has 1 aliphatic rings. The number of hydrogen-bond acceptors (Lipinski definition) is 4. The summed E-state index contributed by atoms with van der Waals surface area (Å²) in [5, 5.41) is 0. The highest BCUT2D eigenvalue weighted by Gasteiger charge is 2.41. The molecule has 0 unspecified atom stereocenters. The number of anilines is 1. The van der Waals surface area contributed by atoms with Crippen LogP contribution in [-0.2, 0) is 16.0 Å². The van der Waals surface area contributed by atoms with Crippen molar-refractivity contribution in [1.82, 2.24) is 9.88 Å². The first-order valence-corrected chi connectivity index (χ1v) is 8.14. The van der Waals surface area contributed by atoms with Gasteiger partial charge in [0.1, 0.15) is 19.0 Å². The summed E-state index contributed by atoms with van der Waals surface area (Å²) in [5.74, 6) is -0.0504. The summed E-state index contributed by atoms with van der Waals surface area (Å²) in [6.07, 6.45) is 3.55. The lowest BCUT2D eigenvalue weighted by molar-refractivity contribution is -0.131. The van der Waals surface area contributed by atoms with Crippen LogP contribution in [0.1, 0.15) is 19.4 Å². The van der Waals surface area contributed by atoms with Crippen molar-refractivity contribution in [2.24, 2.45) is 0 Å². The van der Waals surface area contributed by atoms with Crippen molar-refractivity contribution in [3.63, 3.8) is 0 Å². The van der Waals surface area contributed by atoms with Crippen molar-refractivity contribution in [3.05, 3.63) is 60.4 Å². The molecule has 130 valence electrons. The Hall–Kier alpha value is -2.73. The molecule has 6 nitrogen and oxygen atoms in total. The number of ketones is 1. The second-order valence-corrected chi connectivity index (χ2v) is 6.45. The molecule has 0 N–H and O–H groups in total. The summed E-state index contributed by atoms with van der Waals surface area (Å²) in [6.45, 7) is 3.78. The minimum atomic E-state index is -0.978. The molecular weight excluding hydrogens is 318 g/mol. The van der Waals surface area contributed by atoms with Gasteiger partial charge in [-0.05, 0) is 43.7 Å². The average Bonchev–Trinajstić information content (AvgIpc) is 2.63. The molecule has 25 heavy (non-hydrogen) atoms. The molecule has 1 saturated heterocycles. The van der Waals surface area contributed by atoms with E-state index in [1.165, 1.54) is 9.80 Å². The molecule has 0 saturated carbocycles. The summed E-state index contributed by atoms with van der Waals surface area (Å²) < 4.78 is 5.58. The van der Waals surface area contributed by atoms with Crippen molar-refractivity contribution in [1.29, 1.82) is 0 Å². The Balaban J connectivity index is 1.79. The van der Waals surface area contributed by atoms with Gasteiger partial charge in [-0.2, -0.15) is 0 Å². The summed E-state index contributed by atoms with van der Waals surface area (Å²) in [7, 11) is 0. The fourth-order valence-corrected chi connectivity index (χ4v) is 2.73. The van der Waals surface area contributed by atoms with E-state index in [-0.39, 0.29) is 31.7 Å². The van der Waals surface area contributed by atoms with E-state index < -0.39 is 5.54 Å². The monoisotopic (exact) mass is 339 g/mol. The van der Waals surface area contributed by atoms with Gasteiger partial charge in [0.05, 0.1) is 0 Å². The number of Topliss-reactive ketones (excluding diaryl/α,β-unsaturated/α-hetero) is 1. The number of aromatic nitrogens is 1. The quantitative estimate of drug-likeness (QED) is 0.840. The Labute approximate surface area is 147 Å². The van der Waals surface area contributed by atoms with Crippen molar-refractivity contribution in [2.75, 3.05) is 18.4 Å². The van der Waals surface area contributed by atoms with Crippen molar-refractivity contribution >= 4 is 17.5 Å². The first kappa shape index (κ1) is 17.1. The molecule has 0 bridgehead atoms. The Morgan fingerprint density at radius 3 is 2.48 bits per heavy atom. The Kier molecular flexibility index (Phi) is 4.81. The molecule has 2 aromatic rings. The smallest absolute Gasteiger partial charge is 0.329 e. The molecule has 0 spiro atoms. The van der Waals surface area contributed by atoms with E-state index in [0.29, 0.717) is 0 Å². The predicted molar refractivity (Wildman–Crippen MR) is 94.0 cm³/mol. The lowest BCUT2D eigenvalue weighted by Gasteiger charge is -2.43. The maximum atomic E-state index is 12.9. The predicted octanol–water partition coefficient (Wildman–Crippen LogP) is 2.85. The number of para-hydroxylation sites is 1. The van der Waals surface area contributed by atoms with Gasteiger partial charge in [-0.15, -0.1) is 0 Å². The standard InChI is InChI=1S/C19H21N3O3/c1-19(2,17(23)12-15-8-10-20-11-9-15)22-14-25-13-21(18(22)24)16-6-4-3-5-7-16/h3-11H,12-14H2,1-2H3. The highest BCUT2D eigenvalue weighted by molar-refractivity contribution is 5.98. The number of amides is 2. The number of carbonyl (C=O) groups is 2. The van der Waals surface area contributed by atoms with Crippen LogP contribution in [0.5, 0.6) is 0 Å². The van der Waals surface area contributed by atoms with E-state index in [2.05, 4.69) is 4.98 Å². The first-order chi connectivity index (χ1) is 12.0. The van der Waals surface area contributed by atoms with Crippen molar-refractivity contribution in [2.45, 2.75) is 25.8 Å². The fraction of sp³-hybridized carbons (Fsp3) is 0.316. The highest BCUT2D eigenvalue weighted by Crippen LogP contribution is 2.26. The highest BCUT2D eigenvalue weighted by atomic mass is 16.5. The number of nitrogens with zero attached hydrogens (tertiary/aromatic N) is 3. The number of ether oxygens (including phenoxy) is 1. The van der Waals surface area contributed by atoms with Gasteiger partial charge in [0.2, 0.25) is 0 Å². The molecule has 1 aliphatic heterocycles. The number of urea groups is 1. The van der Waals surface area contributed by atoms with Crippen LogP contribution in [0.2, 0.25) is 0 Å². The Morgan fingerprint density at radius 2 is 1.80 bits per heavy atom. The molecule has 6 heteroatoms. The van der Waals surface area contributed by atoms with Gasteiger partial charge in [-0.25, -0.2) is 4.79 Å². The summed E-state index contributed by atoms with van der Waals surface area (Å²) >= 11 is 0. The third-order valence-corrected chi connectivity index (χ3v) is 4.44. The van der Waals surface area contributed by atoms with Crippen LogP contribution in [-0.4, -0.2) is 40.7 Å². The SMILES string of the molecule is CC(C)(C(=O)Cc1ccncc1)N1COCN(c2ccccc2)C1=O. The lowest BCUT2D eigenvalue weighted by Crippen LogP contribution is -2.61. The van der Waals surface area contributed by atoms with Gasteiger partial charge in [0.15, 0.2) is 5.78 Å². The molecule has 2 amide bonds. The van der Waals surface area contributed by atoms with E-state index in [1.54, 1.807) is 38.4 Å². The number of rotatable bonds is 5. The van der Waals surface area contributed by atoms with Gasteiger partial charge >= 0.3 is 6.03 Å². The molecule has 3 rings (SSSR count). The largest absolute Gasteiger partial charge is 0.340 e. The number of carbonyl (C=O) groups excluding carboxylic acids is 2. The van der Waals surface area contributed by atoms with Crippen LogP contribution in [0.3, 0.4) is 0 Å². The van der Waals surface area contributed by atoms with Crippen LogP contribution in [0.4, 0.5) is 10.5 Å². The maximum Gasteiger partial charge on any atom is 0.329 e. The van der Waals surface area contributed by atoms with Gasteiger partial charge in [0, 0.05) is 24.5 Å². The molecule has 1 fully saturated rings. The third-order valence-electron chi connectivity index (χ3n) is 4.44. The minimum absolute atomic E-state index is 0.0504. The molecule has 1 aromatic carbocycles. The van der Waals surface area contributed by atoms with E-state index in [4.69, 9.17) is 4.74 Å². The van der Waals surface area contributed by atoms with E-state index in [9.17, 15) is 9.59 Å². The zero-order valence-electron chi connectivity index (χ0n) is 14.4.